The van der Waals surface area contributed by atoms with E-state index in [4.69, 9.17) is 9.47 Å². The van der Waals surface area contributed by atoms with E-state index in [0.717, 1.165) is 32.1 Å². The Morgan fingerprint density at radius 2 is 0.620 bits per heavy atom. The molecule has 1 unspecified atom stereocenters. The molecular weight excluding hydrogens is 620 g/mol. The lowest BCUT2D eigenvalue weighted by Gasteiger charge is -2.15. The number of aliphatic hydroxyl groups is 1. The molecular formula is C45H88O5. The minimum absolute atomic E-state index is 0.0568. The highest BCUT2D eigenvalue weighted by atomic mass is 16.6. The molecule has 0 aromatic carbocycles. The summed E-state index contributed by atoms with van der Waals surface area (Å²) in [6.45, 7) is 4.17. The highest BCUT2D eigenvalue weighted by Crippen LogP contribution is 2.17. The van der Waals surface area contributed by atoms with E-state index in [0.29, 0.717) is 12.8 Å². The first-order chi connectivity index (χ1) is 24.6. The van der Waals surface area contributed by atoms with Crippen LogP contribution in [0.2, 0.25) is 0 Å². The van der Waals surface area contributed by atoms with Crippen LogP contribution >= 0.6 is 0 Å². The number of unbranched alkanes of at least 4 members (excludes halogenated alkanes) is 34. The van der Waals surface area contributed by atoms with E-state index >= 15 is 0 Å². The van der Waals surface area contributed by atoms with Gasteiger partial charge in [0.1, 0.15) is 6.61 Å². The molecule has 0 saturated heterocycles. The summed E-state index contributed by atoms with van der Waals surface area (Å²) in [5.41, 5.74) is 0. The van der Waals surface area contributed by atoms with Gasteiger partial charge in [-0.1, -0.05) is 232 Å². The second-order valence-corrected chi connectivity index (χ2v) is 15.5. The number of aliphatic hydroxyl groups excluding tert-OH is 1. The van der Waals surface area contributed by atoms with Gasteiger partial charge in [0.2, 0.25) is 0 Å². The monoisotopic (exact) mass is 709 g/mol. The third kappa shape index (κ3) is 39.7. The van der Waals surface area contributed by atoms with Gasteiger partial charge in [-0.3, -0.25) is 9.59 Å². The zero-order chi connectivity index (χ0) is 36.4. The summed E-state index contributed by atoms with van der Waals surface area (Å²) in [7, 11) is 0. The van der Waals surface area contributed by atoms with E-state index in [1.807, 2.05) is 0 Å². The van der Waals surface area contributed by atoms with Crippen molar-refractivity contribution in [1.29, 1.82) is 0 Å². The molecule has 0 aliphatic heterocycles. The van der Waals surface area contributed by atoms with Crippen molar-refractivity contribution in [2.45, 2.75) is 264 Å². The first-order valence-electron chi connectivity index (χ1n) is 22.6. The number of hydrogen-bond acceptors (Lipinski definition) is 5. The Bertz CT molecular complexity index is 680. The molecule has 0 rings (SSSR count). The lowest BCUT2D eigenvalue weighted by atomic mass is 10.0. The van der Waals surface area contributed by atoms with Gasteiger partial charge < -0.3 is 14.6 Å². The maximum atomic E-state index is 12.2. The van der Waals surface area contributed by atoms with Crippen molar-refractivity contribution in [3.63, 3.8) is 0 Å². The maximum Gasteiger partial charge on any atom is 0.306 e. The van der Waals surface area contributed by atoms with Crippen molar-refractivity contribution in [1.82, 2.24) is 0 Å². The smallest absolute Gasteiger partial charge is 0.306 e. The molecule has 1 N–H and O–H groups in total. The Balaban J connectivity index is 3.42. The van der Waals surface area contributed by atoms with Gasteiger partial charge in [0.05, 0.1) is 6.61 Å². The quantitative estimate of drug-likeness (QED) is 0.0505. The predicted octanol–water partition coefficient (Wildman–Crippen LogP) is 14.3. The Labute approximate surface area is 312 Å². The van der Waals surface area contributed by atoms with E-state index in [9.17, 15) is 14.7 Å². The van der Waals surface area contributed by atoms with Crippen molar-refractivity contribution in [2.75, 3.05) is 13.2 Å². The van der Waals surface area contributed by atoms with E-state index < -0.39 is 6.10 Å². The normalized spacial score (nSPS) is 12.0. The Kier molecular flexibility index (Phi) is 41.4. The largest absolute Gasteiger partial charge is 0.462 e. The number of carbonyl (C=O) groups excluding carboxylic acids is 2. The molecule has 0 aromatic rings. The molecule has 5 nitrogen and oxygen atoms in total. The molecule has 0 aliphatic rings. The lowest BCUT2D eigenvalue weighted by Crippen LogP contribution is -2.28. The summed E-state index contributed by atoms with van der Waals surface area (Å²) in [4.78, 5) is 24.3. The first-order valence-corrected chi connectivity index (χ1v) is 22.6. The standard InChI is InChI=1S/C45H88O5/c1-3-5-7-9-11-13-15-17-18-19-20-21-22-23-24-25-26-27-28-30-32-34-36-38-40-45(48)50-43(41-46)42-49-44(47)39-37-35-33-31-29-16-14-12-10-8-6-4-2/h43,46H,3-42H2,1-2H3. The predicted molar refractivity (Wildman–Crippen MR) is 215 cm³/mol. The van der Waals surface area contributed by atoms with Gasteiger partial charge in [-0.05, 0) is 12.8 Å². The molecule has 0 heterocycles. The molecule has 0 spiro atoms. The number of hydrogen-bond donors (Lipinski definition) is 1. The molecule has 0 saturated carbocycles. The molecule has 298 valence electrons. The van der Waals surface area contributed by atoms with Crippen LogP contribution in [-0.4, -0.2) is 36.4 Å². The molecule has 1 atom stereocenters. The van der Waals surface area contributed by atoms with Crippen LogP contribution in [0.4, 0.5) is 0 Å². The topological polar surface area (TPSA) is 72.8 Å². The summed E-state index contributed by atoms with van der Waals surface area (Å²) in [5, 5.41) is 9.57. The fourth-order valence-corrected chi connectivity index (χ4v) is 6.97. The first kappa shape index (κ1) is 48.9. The molecule has 0 aliphatic carbocycles. The van der Waals surface area contributed by atoms with Crippen molar-refractivity contribution in [2.24, 2.45) is 0 Å². The molecule has 0 aromatic heterocycles. The number of esters is 2. The van der Waals surface area contributed by atoms with Crippen molar-refractivity contribution < 1.29 is 24.2 Å². The molecule has 0 bridgehead atoms. The summed E-state index contributed by atoms with van der Waals surface area (Å²) < 4.78 is 10.6. The maximum absolute atomic E-state index is 12.2. The van der Waals surface area contributed by atoms with Gasteiger partial charge in [-0.25, -0.2) is 0 Å². The van der Waals surface area contributed by atoms with Gasteiger partial charge in [0, 0.05) is 12.8 Å². The third-order valence-electron chi connectivity index (χ3n) is 10.4. The SMILES string of the molecule is CCCCCCCCCCCCCCCCCCCCCCCCCCC(=O)OC(CO)COC(=O)CCCCCCCCCCCCCC. The van der Waals surface area contributed by atoms with Gasteiger partial charge in [0.15, 0.2) is 6.10 Å². The average Bonchev–Trinajstić information content (AvgIpc) is 3.12. The summed E-state index contributed by atoms with van der Waals surface area (Å²) in [6.07, 6.45) is 47.6. The summed E-state index contributed by atoms with van der Waals surface area (Å²) in [5.74, 6) is -0.573. The van der Waals surface area contributed by atoms with Gasteiger partial charge >= 0.3 is 11.9 Å². The van der Waals surface area contributed by atoms with Crippen molar-refractivity contribution in [3.8, 4) is 0 Å². The highest BCUT2D eigenvalue weighted by Gasteiger charge is 2.16. The fourth-order valence-electron chi connectivity index (χ4n) is 6.97. The second kappa shape index (κ2) is 42.3. The van der Waals surface area contributed by atoms with Crippen LogP contribution < -0.4 is 0 Å². The average molecular weight is 709 g/mol. The number of rotatable bonds is 42. The van der Waals surface area contributed by atoms with Gasteiger partial charge in [-0.15, -0.1) is 0 Å². The van der Waals surface area contributed by atoms with E-state index in [1.165, 1.54) is 199 Å². The lowest BCUT2D eigenvalue weighted by molar-refractivity contribution is -0.161. The van der Waals surface area contributed by atoms with Gasteiger partial charge in [-0.2, -0.15) is 0 Å². The van der Waals surface area contributed by atoms with Crippen LogP contribution in [0.1, 0.15) is 258 Å². The van der Waals surface area contributed by atoms with E-state index in [2.05, 4.69) is 13.8 Å². The van der Waals surface area contributed by atoms with Crippen LogP contribution in [0.5, 0.6) is 0 Å². The van der Waals surface area contributed by atoms with Crippen LogP contribution in [-0.2, 0) is 19.1 Å². The minimum atomic E-state index is -0.761. The highest BCUT2D eigenvalue weighted by molar-refractivity contribution is 5.70. The number of carbonyl (C=O) groups is 2. The molecule has 50 heavy (non-hydrogen) atoms. The minimum Gasteiger partial charge on any atom is -0.462 e. The Hall–Kier alpha value is -1.10. The number of ether oxygens (including phenoxy) is 2. The Morgan fingerprint density at radius 3 is 0.880 bits per heavy atom. The molecule has 0 radical (unpaired) electrons. The van der Waals surface area contributed by atoms with Crippen LogP contribution in [0, 0.1) is 0 Å². The zero-order valence-corrected chi connectivity index (χ0v) is 33.9. The zero-order valence-electron chi connectivity index (χ0n) is 33.9. The summed E-state index contributed by atoms with van der Waals surface area (Å²) >= 11 is 0. The van der Waals surface area contributed by atoms with Crippen LogP contribution in [0.3, 0.4) is 0 Å². The van der Waals surface area contributed by atoms with E-state index in [1.54, 1.807) is 0 Å². The van der Waals surface area contributed by atoms with E-state index in [-0.39, 0.29) is 25.2 Å². The Morgan fingerprint density at radius 1 is 0.380 bits per heavy atom. The van der Waals surface area contributed by atoms with Crippen LogP contribution in [0.15, 0.2) is 0 Å². The third-order valence-corrected chi connectivity index (χ3v) is 10.4. The van der Waals surface area contributed by atoms with Crippen molar-refractivity contribution in [3.05, 3.63) is 0 Å². The summed E-state index contributed by atoms with van der Waals surface area (Å²) in [6, 6.07) is 0. The van der Waals surface area contributed by atoms with Crippen LogP contribution in [0.25, 0.3) is 0 Å². The van der Waals surface area contributed by atoms with Crippen molar-refractivity contribution >= 4 is 11.9 Å². The van der Waals surface area contributed by atoms with Gasteiger partial charge in [0.25, 0.3) is 0 Å². The molecule has 5 heteroatoms. The fraction of sp³-hybridized carbons (Fsp3) is 0.956. The second-order valence-electron chi connectivity index (χ2n) is 15.5. The molecule has 0 amide bonds. The molecule has 0 fully saturated rings.